The lowest BCUT2D eigenvalue weighted by Crippen LogP contribution is -2.58. The highest BCUT2D eigenvalue weighted by Crippen LogP contribution is 2.48. The van der Waals surface area contributed by atoms with Crippen LogP contribution in [0.4, 0.5) is 0 Å². The molecule has 1 atom stereocenters. The van der Waals surface area contributed by atoms with Crippen molar-refractivity contribution in [2.45, 2.75) is 59.0 Å². The van der Waals surface area contributed by atoms with Crippen molar-refractivity contribution >= 4 is 11.8 Å². The Morgan fingerprint density at radius 1 is 1.17 bits per heavy atom. The number of carbonyl (C=O) groups is 2. The van der Waals surface area contributed by atoms with Gasteiger partial charge in [-0.05, 0) is 39.7 Å². The average molecular weight is 250 g/mol. The smallest absolute Gasteiger partial charge is 0.320 e. The summed E-state index contributed by atoms with van der Waals surface area (Å²) in [5.74, 6) is -0.219. The molecule has 0 radical (unpaired) electrons. The lowest BCUT2D eigenvalue weighted by molar-refractivity contribution is -0.186. The standard InChI is InChI=1S/C15H22O3/c1-4-8-11-14(2,3)12(16)15(13(17)18-11)9-6-5-7-10-15/h4,8,11H,5-7,9-10H2,1-3H3/b8-4+/t11-/m1/s1. The van der Waals surface area contributed by atoms with Crippen LogP contribution in [-0.4, -0.2) is 17.9 Å². The van der Waals surface area contributed by atoms with Gasteiger partial charge in [-0.2, -0.15) is 0 Å². The van der Waals surface area contributed by atoms with E-state index in [4.69, 9.17) is 4.74 Å². The molecule has 0 aromatic carbocycles. The SMILES string of the molecule is C/C=C/[C@H]1OC(=O)C2(CCCCC2)C(=O)C1(C)C. The minimum Gasteiger partial charge on any atom is -0.456 e. The van der Waals surface area contributed by atoms with Crippen LogP contribution in [0.1, 0.15) is 52.9 Å². The van der Waals surface area contributed by atoms with Gasteiger partial charge in [0.25, 0.3) is 0 Å². The monoisotopic (exact) mass is 250 g/mol. The maximum Gasteiger partial charge on any atom is 0.320 e. The van der Waals surface area contributed by atoms with Crippen LogP contribution in [0.25, 0.3) is 0 Å². The predicted octanol–water partition coefficient (Wildman–Crippen LogP) is 3.03. The van der Waals surface area contributed by atoms with Gasteiger partial charge in [0.2, 0.25) is 0 Å². The zero-order chi connectivity index (χ0) is 13.4. The summed E-state index contributed by atoms with van der Waals surface area (Å²) in [5.41, 5.74) is -1.46. The highest BCUT2D eigenvalue weighted by Gasteiger charge is 2.59. The van der Waals surface area contributed by atoms with Gasteiger partial charge < -0.3 is 4.74 Å². The fraction of sp³-hybridized carbons (Fsp3) is 0.733. The summed E-state index contributed by atoms with van der Waals surface area (Å²) in [6.45, 7) is 5.66. The van der Waals surface area contributed by atoms with Crippen LogP contribution in [-0.2, 0) is 14.3 Å². The third-order valence-electron chi connectivity index (χ3n) is 4.43. The fourth-order valence-corrected chi connectivity index (χ4v) is 3.26. The van der Waals surface area contributed by atoms with Gasteiger partial charge in [-0.1, -0.05) is 25.3 Å². The Bertz CT molecular complexity index is 387. The Balaban J connectivity index is 2.36. The third kappa shape index (κ3) is 1.80. The van der Waals surface area contributed by atoms with E-state index in [-0.39, 0.29) is 11.8 Å². The van der Waals surface area contributed by atoms with Crippen LogP contribution in [0.2, 0.25) is 0 Å². The van der Waals surface area contributed by atoms with Crippen molar-refractivity contribution in [3.63, 3.8) is 0 Å². The second-order valence-electron chi connectivity index (χ2n) is 6.05. The molecule has 2 fully saturated rings. The largest absolute Gasteiger partial charge is 0.456 e. The van der Waals surface area contributed by atoms with E-state index in [2.05, 4.69) is 0 Å². The number of esters is 1. The Hall–Kier alpha value is -1.12. The molecule has 3 nitrogen and oxygen atoms in total. The molecule has 18 heavy (non-hydrogen) atoms. The van der Waals surface area contributed by atoms with Crippen molar-refractivity contribution in [3.8, 4) is 0 Å². The first-order valence-electron chi connectivity index (χ1n) is 6.84. The second kappa shape index (κ2) is 4.52. The van der Waals surface area contributed by atoms with Crippen molar-refractivity contribution in [2.24, 2.45) is 10.8 Å². The lowest BCUT2D eigenvalue weighted by atomic mass is 9.61. The maximum absolute atomic E-state index is 12.8. The van der Waals surface area contributed by atoms with Crippen molar-refractivity contribution in [3.05, 3.63) is 12.2 Å². The highest BCUT2D eigenvalue weighted by atomic mass is 16.5. The minimum absolute atomic E-state index is 0.0778. The zero-order valence-electron chi connectivity index (χ0n) is 11.5. The van der Waals surface area contributed by atoms with Crippen LogP contribution >= 0.6 is 0 Å². The highest BCUT2D eigenvalue weighted by molar-refractivity contribution is 6.08. The van der Waals surface area contributed by atoms with E-state index in [1.54, 1.807) is 0 Å². The van der Waals surface area contributed by atoms with E-state index in [9.17, 15) is 9.59 Å². The van der Waals surface area contributed by atoms with Gasteiger partial charge >= 0.3 is 5.97 Å². The number of Topliss-reactive ketones (excluding diaryl/α,β-unsaturated/α-hetero) is 1. The van der Waals surface area contributed by atoms with Gasteiger partial charge in [-0.3, -0.25) is 9.59 Å². The molecule has 0 aromatic heterocycles. The van der Waals surface area contributed by atoms with E-state index in [0.29, 0.717) is 12.8 Å². The summed E-state index contributed by atoms with van der Waals surface area (Å²) < 4.78 is 5.56. The third-order valence-corrected chi connectivity index (χ3v) is 4.43. The quantitative estimate of drug-likeness (QED) is 0.408. The van der Waals surface area contributed by atoms with Crippen molar-refractivity contribution < 1.29 is 14.3 Å². The van der Waals surface area contributed by atoms with Crippen molar-refractivity contribution in [2.75, 3.05) is 0 Å². The van der Waals surface area contributed by atoms with Crippen LogP contribution in [0.3, 0.4) is 0 Å². The van der Waals surface area contributed by atoms with E-state index >= 15 is 0 Å². The number of carbonyl (C=O) groups excluding carboxylic acids is 2. The molecular formula is C15H22O3. The number of hydrogen-bond donors (Lipinski definition) is 0. The summed E-state index contributed by atoms with van der Waals surface area (Å²) in [4.78, 5) is 25.1. The molecule has 0 N–H and O–H groups in total. The summed E-state index contributed by atoms with van der Waals surface area (Å²) >= 11 is 0. The van der Waals surface area contributed by atoms with Gasteiger partial charge in [0.1, 0.15) is 11.5 Å². The molecule has 100 valence electrons. The normalized spacial score (nSPS) is 30.7. The molecule has 0 aromatic rings. The molecular weight excluding hydrogens is 228 g/mol. The Morgan fingerprint density at radius 3 is 2.33 bits per heavy atom. The molecule has 1 aliphatic heterocycles. The van der Waals surface area contributed by atoms with E-state index in [1.807, 2.05) is 32.9 Å². The van der Waals surface area contributed by atoms with Gasteiger partial charge in [0.15, 0.2) is 5.78 Å². The number of hydrogen-bond acceptors (Lipinski definition) is 3. The second-order valence-corrected chi connectivity index (χ2v) is 6.05. The first-order valence-corrected chi connectivity index (χ1v) is 6.84. The van der Waals surface area contributed by atoms with Gasteiger partial charge in [0.05, 0.1) is 5.41 Å². The van der Waals surface area contributed by atoms with Crippen LogP contribution in [0.5, 0.6) is 0 Å². The molecule has 2 rings (SSSR count). The number of cyclic esters (lactones) is 1. The fourth-order valence-electron chi connectivity index (χ4n) is 3.26. The van der Waals surface area contributed by atoms with E-state index in [1.165, 1.54) is 0 Å². The number of rotatable bonds is 1. The molecule has 0 amide bonds. The molecule has 1 saturated heterocycles. The van der Waals surface area contributed by atoms with Crippen LogP contribution < -0.4 is 0 Å². The van der Waals surface area contributed by atoms with Gasteiger partial charge in [-0.15, -0.1) is 0 Å². The molecule has 1 saturated carbocycles. The zero-order valence-corrected chi connectivity index (χ0v) is 11.5. The molecule has 1 spiro atoms. The Labute approximate surface area is 109 Å². The number of ether oxygens (including phenoxy) is 1. The molecule has 3 heteroatoms. The summed E-state index contributed by atoms with van der Waals surface area (Å²) in [6, 6.07) is 0. The van der Waals surface area contributed by atoms with Gasteiger partial charge in [0, 0.05) is 0 Å². The first kappa shape index (κ1) is 13.3. The molecule has 1 heterocycles. The lowest BCUT2D eigenvalue weighted by Gasteiger charge is -2.46. The summed E-state index contributed by atoms with van der Waals surface area (Å²) in [7, 11) is 0. The average Bonchev–Trinajstić information content (AvgIpc) is 2.36. The minimum atomic E-state index is -0.847. The van der Waals surface area contributed by atoms with E-state index in [0.717, 1.165) is 19.3 Å². The van der Waals surface area contributed by atoms with E-state index < -0.39 is 16.9 Å². The van der Waals surface area contributed by atoms with Crippen molar-refractivity contribution in [1.29, 1.82) is 0 Å². The number of allylic oxidation sites excluding steroid dienone is 1. The Kier molecular flexibility index (Phi) is 3.35. The summed E-state index contributed by atoms with van der Waals surface area (Å²) in [5, 5.41) is 0. The van der Waals surface area contributed by atoms with Gasteiger partial charge in [-0.25, -0.2) is 0 Å². The molecule has 0 bridgehead atoms. The molecule has 1 aliphatic carbocycles. The predicted molar refractivity (Wildman–Crippen MR) is 69.0 cm³/mol. The number of ketones is 1. The summed E-state index contributed by atoms with van der Waals surface area (Å²) in [6.07, 6.45) is 7.57. The molecule has 0 unspecified atom stereocenters. The first-order chi connectivity index (χ1) is 8.45. The van der Waals surface area contributed by atoms with Crippen LogP contribution in [0.15, 0.2) is 12.2 Å². The molecule has 2 aliphatic rings. The van der Waals surface area contributed by atoms with Crippen molar-refractivity contribution in [1.82, 2.24) is 0 Å². The van der Waals surface area contributed by atoms with Crippen LogP contribution in [0, 0.1) is 10.8 Å². The Morgan fingerprint density at radius 2 is 1.78 bits per heavy atom. The maximum atomic E-state index is 12.8. The topological polar surface area (TPSA) is 43.4 Å².